The number of hydrogen-bond acceptors (Lipinski definition) is 1. The second-order valence-corrected chi connectivity index (χ2v) is 4.91. The number of rotatable bonds is 4. The van der Waals surface area contributed by atoms with E-state index >= 15 is 0 Å². The van der Waals surface area contributed by atoms with E-state index in [4.69, 9.17) is 0 Å². The Bertz CT molecular complexity index is 312. The molecule has 0 aliphatic heterocycles. The van der Waals surface area contributed by atoms with Crippen molar-refractivity contribution in [1.29, 1.82) is 0 Å². The minimum atomic E-state index is -0.176. The molecule has 0 spiro atoms. The van der Waals surface area contributed by atoms with E-state index in [0.717, 1.165) is 13.0 Å². The average molecular weight is 223 g/mol. The lowest BCUT2D eigenvalue weighted by atomic mass is 10.1. The molecule has 2 N–H and O–H groups in total. The van der Waals surface area contributed by atoms with E-state index in [0.29, 0.717) is 6.54 Å². The number of aryl methyl sites for hydroxylation is 1. The molecule has 1 aromatic rings. The SMILES string of the molecule is CC(C)(C)NC(=O)NCCCn1cccc1. The maximum Gasteiger partial charge on any atom is 0.315 e. The molecule has 1 aromatic heterocycles. The summed E-state index contributed by atoms with van der Waals surface area (Å²) >= 11 is 0. The lowest BCUT2D eigenvalue weighted by Crippen LogP contribution is -2.46. The van der Waals surface area contributed by atoms with Crippen LogP contribution >= 0.6 is 0 Å². The minimum Gasteiger partial charge on any atom is -0.354 e. The summed E-state index contributed by atoms with van der Waals surface area (Å²) in [6, 6.07) is 3.90. The number of nitrogens with one attached hydrogen (secondary N) is 2. The molecule has 0 saturated heterocycles. The summed E-state index contributed by atoms with van der Waals surface area (Å²) in [4.78, 5) is 11.4. The molecule has 1 rings (SSSR count). The molecule has 0 radical (unpaired) electrons. The Labute approximate surface area is 97.0 Å². The van der Waals surface area contributed by atoms with E-state index in [2.05, 4.69) is 15.2 Å². The molecule has 0 aliphatic carbocycles. The van der Waals surface area contributed by atoms with Crippen molar-refractivity contribution < 1.29 is 4.79 Å². The Morgan fingerprint density at radius 3 is 2.44 bits per heavy atom. The molecule has 0 aliphatic rings. The standard InChI is InChI=1S/C12H21N3O/c1-12(2,3)14-11(16)13-7-6-10-15-8-4-5-9-15/h4-5,8-9H,6-7,10H2,1-3H3,(H2,13,14,16). The van der Waals surface area contributed by atoms with Crippen molar-refractivity contribution in [3.05, 3.63) is 24.5 Å². The summed E-state index contributed by atoms with van der Waals surface area (Å²) in [6.45, 7) is 7.52. The fourth-order valence-electron chi connectivity index (χ4n) is 1.37. The molecular formula is C12H21N3O. The molecule has 0 unspecified atom stereocenters. The fraction of sp³-hybridized carbons (Fsp3) is 0.583. The van der Waals surface area contributed by atoms with Gasteiger partial charge in [0.2, 0.25) is 0 Å². The largest absolute Gasteiger partial charge is 0.354 e. The second-order valence-electron chi connectivity index (χ2n) is 4.91. The molecular weight excluding hydrogens is 202 g/mol. The fourth-order valence-corrected chi connectivity index (χ4v) is 1.37. The van der Waals surface area contributed by atoms with Gasteiger partial charge in [-0.3, -0.25) is 0 Å². The zero-order chi connectivity index (χ0) is 12.0. The zero-order valence-electron chi connectivity index (χ0n) is 10.3. The Hall–Kier alpha value is -1.45. The second kappa shape index (κ2) is 5.58. The number of carbonyl (C=O) groups excluding carboxylic acids is 1. The van der Waals surface area contributed by atoms with Gasteiger partial charge in [-0.25, -0.2) is 4.79 Å². The predicted molar refractivity (Wildman–Crippen MR) is 65.3 cm³/mol. The number of nitrogens with zero attached hydrogens (tertiary/aromatic N) is 1. The molecule has 0 aromatic carbocycles. The molecule has 2 amide bonds. The van der Waals surface area contributed by atoms with Gasteiger partial charge in [-0.2, -0.15) is 0 Å². The smallest absolute Gasteiger partial charge is 0.315 e. The maximum absolute atomic E-state index is 11.4. The van der Waals surface area contributed by atoms with Crippen LogP contribution in [0.4, 0.5) is 4.79 Å². The van der Waals surface area contributed by atoms with Crippen LogP contribution in [0.15, 0.2) is 24.5 Å². The third kappa shape index (κ3) is 5.44. The number of amides is 2. The van der Waals surface area contributed by atoms with E-state index in [1.807, 2.05) is 45.3 Å². The lowest BCUT2D eigenvalue weighted by Gasteiger charge is -2.20. The van der Waals surface area contributed by atoms with Gasteiger partial charge in [-0.05, 0) is 39.3 Å². The van der Waals surface area contributed by atoms with Crippen molar-refractivity contribution in [2.75, 3.05) is 6.54 Å². The number of urea groups is 1. The van der Waals surface area contributed by atoms with Crippen LogP contribution in [0.25, 0.3) is 0 Å². The highest BCUT2D eigenvalue weighted by molar-refractivity contribution is 5.74. The summed E-state index contributed by atoms with van der Waals surface area (Å²) in [5.41, 5.74) is -0.176. The van der Waals surface area contributed by atoms with Crippen LogP contribution in [0.2, 0.25) is 0 Å². The maximum atomic E-state index is 11.4. The monoisotopic (exact) mass is 223 g/mol. The van der Waals surface area contributed by atoms with Crippen molar-refractivity contribution in [1.82, 2.24) is 15.2 Å². The Morgan fingerprint density at radius 1 is 1.25 bits per heavy atom. The first kappa shape index (κ1) is 12.6. The van der Waals surface area contributed by atoms with Crippen LogP contribution in [0.5, 0.6) is 0 Å². The van der Waals surface area contributed by atoms with Crippen molar-refractivity contribution in [2.45, 2.75) is 39.3 Å². The molecule has 4 nitrogen and oxygen atoms in total. The van der Waals surface area contributed by atoms with E-state index in [9.17, 15) is 4.79 Å². The molecule has 0 atom stereocenters. The zero-order valence-corrected chi connectivity index (χ0v) is 10.3. The van der Waals surface area contributed by atoms with Crippen LogP contribution in [0.3, 0.4) is 0 Å². The van der Waals surface area contributed by atoms with Gasteiger partial charge in [0, 0.05) is 31.0 Å². The van der Waals surface area contributed by atoms with Gasteiger partial charge in [0.1, 0.15) is 0 Å². The highest BCUT2D eigenvalue weighted by atomic mass is 16.2. The first-order valence-electron chi connectivity index (χ1n) is 5.64. The van der Waals surface area contributed by atoms with Crippen LogP contribution < -0.4 is 10.6 Å². The Kier molecular flexibility index (Phi) is 4.40. The number of hydrogen-bond donors (Lipinski definition) is 2. The van der Waals surface area contributed by atoms with Gasteiger partial charge in [0.05, 0.1) is 0 Å². The first-order chi connectivity index (χ1) is 7.47. The van der Waals surface area contributed by atoms with E-state index in [1.54, 1.807) is 0 Å². The summed E-state index contributed by atoms with van der Waals surface area (Å²) in [6.07, 6.45) is 4.98. The Balaban J connectivity index is 2.09. The highest BCUT2D eigenvalue weighted by Gasteiger charge is 2.12. The topological polar surface area (TPSA) is 46.1 Å². The minimum absolute atomic E-state index is 0.0972. The van der Waals surface area contributed by atoms with Crippen LogP contribution in [-0.4, -0.2) is 22.7 Å². The van der Waals surface area contributed by atoms with Gasteiger partial charge < -0.3 is 15.2 Å². The number of aromatic nitrogens is 1. The average Bonchev–Trinajstić information content (AvgIpc) is 2.62. The van der Waals surface area contributed by atoms with Crippen LogP contribution in [0.1, 0.15) is 27.2 Å². The highest BCUT2D eigenvalue weighted by Crippen LogP contribution is 1.97. The van der Waals surface area contributed by atoms with E-state index in [-0.39, 0.29) is 11.6 Å². The molecule has 0 saturated carbocycles. The summed E-state index contributed by atoms with van der Waals surface area (Å²) in [7, 11) is 0. The van der Waals surface area contributed by atoms with Crippen LogP contribution in [0, 0.1) is 0 Å². The third-order valence-corrected chi connectivity index (χ3v) is 2.03. The molecule has 16 heavy (non-hydrogen) atoms. The predicted octanol–water partition coefficient (Wildman–Crippen LogP) is 1.98. The lowest BCUT2D eigenvalue weighted by molar-refractivity contribution is 0.231. The van der Waals surface area contributed by atoms with Gasteiger partial charge in [-0.15, -0.1) is 0 Å². The van der Waals surface area contributed by atoms with Crippen molar-refractivity contribution in [3.8, 4) is 0 Å². The van der Waals surface area contributed by atoms with Crippen LogP contribution in [-0.2, 0) is 6.54 Å². The molecule has 0 fully saturated rings. The third-order valence-electron chi connectivity index (χ3n) is 2.03. The van der Waals surface area contributed by atoms with Crippen molar-refractivity contribution >= 4 is 6.03 Å². The normalized spacial score (nSPS) is 11.2. The molecule has 4 heteroatoms. The van der Waals surface area contributed by atoms with Crippen molar-refractivity contribution in [3.63, 3.8) is 0 Å². The quantitative estimate of drug-likeness (QED) is 0.753. The van der Waals surface area contributed by atoms with Gasteiger partial charge >= 0.3 is 6.03 Å². The summed E-state index contributed by atoms with van der Waals surface area (Å²) in [5.74, 6) is 0. The van der Waals surface area contributed by atoms with E-state index in [1.165, 1.54) is 0 Å². The Morgan fingerprint density at radius 2 is 1.88 bits per heavy atom. The molecule has 90 valence electrons. The van der Waals surface area contributed by atoms with Gasteiger partial charge in [0.15, 0.2) is 0 Å². The van der Waals surface area contributed by atoms with Crippen molar-refractivity contribution in [2.24, 2.45) is 0 Å². The summed E-state index contributed by atoms with van der Waals surface area (Å²) < 4.78 is 2.10. The van der Waals surface area contributed by atoms with Gasteiger partial charge in [0.25, 0.3) is 0 Å². The van der Waals surface area contributed by atoms with Gasteiger partial charge in [-0.1, -0.05) is 0 Å². The summed E-state index contributed by atoms with van der Waals surface area (Å²) in [5, 5.41) is 5.69. The van der Waals surface area contributed by atoms with E-state index < -0.39 is 0 Å². The molecule has 0 bridgehead atoms. The molecule has 1 heterocycles. The number of carbonyl (C=O) groups is 1. The first-order valence-corrected chi connectivity index (χ1v) is 5.64.